The highest BCUT2D eigenvalue weighted by Crippen LogP contribution is 2.24. The van der Waals surface area contributed by atoms with Crippen molar-refractivity contribution in [3.05, 3.63) is 12.2 Å². The van der Waals surface area contributed by atoms with E-state index >= 15 is 0 Å². The van der Waals surface area contributed by atoms with Gasteiger partial charge in [-0.3, -0.25) is 9.59 Å². The molecule has 86 heavy (non-hydrogen) atoms. The van der Waals surface area contributed by atoms with Crippen LogP contribution in [-0.4, -0.2) is 100 Å². The van der Waals surface area contributed by atoms with Crippen molar-refractivity contribution in [2.45, 2.75) is 436 Å². The number of aliphatic hydroxyl groups is 5. The second-order valence-corrected chi connectivity index (χ2v) is 26.7. The van der Waals surface area contributed by atoms with E-state index in [1.54, 1.807) is 6.08 Å². The Kier molecular flexibility index (Phi) is 62.2. The number of carbonyl (C=O) groups excluding carboxylic acids is 2. The van der Waals surface area contributed by atoms with E-state index in [0.717, 1.165) is 51.4 Å². The van der Waals surface area contributed by atoms with Gasteiger partial charge in [0.15, 0.2) is 6.29 Å². The first kappa shape index (κ1) is 82.4. The summed E-state index contributed by atoms with van der Waals surface area (Å²) in [5.74, 6) is -0.159. The molecule has 1 fully saturated rings. The molecule has 1 heterocycles. The first-order valence-corrected chi connectivity index (χ1v) is 38.0. The van der Waals surface area contributed by atoms with E-state index in [9.17, 15) is 35.1 Å². The third kappa shape index (κ3) is 53.1. The third-order valence-electron chi connectivity index (χ3n) is 18.4. The molecule has 0 saturated carbocycles. The lowest BCUT2D eigenvalue weighted by molar-refractivity contribution is -0.302. The minimum absolute atomic E-state index is 0.0143. The number of ether oxygens (including phenoxy) is 3. The molecule has 7 atom stereocenters. The number of carbonyl (C=O) groups is 2. The van der Waals surface area contributed by atoms with Crippen LogP contribution in [0.15, 0.2) is 12.2 Å². The smallest absolute Gasteiger partial charge is 0.305 e. The SMILES string of the molecule is CCCCCCCCCCCCCCC/C=C/C(O)C(COC1OC(CO)C(O)C(O)C1O)NC(=O)CCCCCCCCCCCCCCCCCCCCCCCCCCCCCCCCCCOC(=O)CCCCCCCCCCCCC. The summed E-state index contributed by atoms with van der Waals surface area (Å²) in [4.78, 5) is 25.1. The number of nitrogens with one attached hydrogen (secondary N) is 1. The van der Waals surface area contributed by atoms with E-state index in [1.807, 2.05) is 6.08 Å². The molecule has 6 N–H and O–H groups in total. The van der Waals surface area contributed by atoms with Gasteiger partial charge in [-0.05, 0) is 32.1 Å². The van der Waals surface area contributed by atoms with Crippen LogP contribution in [0.4, 0.5) is 0 Å². The standard InChI is InChI=1S/C75H145NO10/c1-3-5-7-9-11-13-15-16-35-38-42-45-49-53-57-61-68(78)67(66-85-75-74(83)73(82)72(81)69(65-77)86-75)76-70(79)62-58-54-50-46-43-39-36-33-31-29-27-25-23-21-19-17-18-20-22-24-26-28-30-32-34-37-40-44-48-52-56-60-64-84-71(80)63-59-55-51-47-41-14-12-10-8-6-4-2/h57,61,67-69,72-75,77-78,81-83H,3-56,58-60,62-66H2,1-2H3,(H,76,79)/b61-57+. The van der Waals surface area contributed by atoms with Crippen molar-refractivity contribution in [1.82, 2.24) is 5.32 Å². The molecule has 7 unspecified atom stereocenters. The van der Waals surface area contributed by atoms with Gasteiger partial charge in [0.05, 0.1) is 32.0 Å². The zero-order chi connectivity index (χ0) is 62.3. The quantitative estimate of drug-likeness (QED) is 0.0195. The lowest BCUT2D eigenvalue weighted by Gasteiger charge is -2.40. The summed E-state index contributed by atoms with van der Waals surface area (Å²) < 4.78 is 16.8. The van der Waals surface area contributed by atoms with Gasteiger partial charge < -0.3 is 45.1 Å². The Morgan fingerprint density at radius 1 is 0.419 bits per heavy atom. The normalized spacial score (nSPS) is 17.9. The molecule has 11 nitrogen and oxygen atoms in total. The van der Waals surface area contributed by atoms with Gasteiger partial charge in [-0.15, -0.1) is 0 Å². The number of unbranched alkanes of at least 4 members (excludes halogenated alkanes) is 54. The molecular weight excluding hydrogens is 1070 g/mol. The summed E-state index contributed by atoms with van der Waals surface area (Å²) in [6.07, 6.45) is 70.7. The number of amides is 1. The minimum atomic E-state index is -1.57. The van der Waals surface area contributed by atoms with Gasteiger partial charge in [-0.2, -0.15) is 0 Å². The molecule has 11 heteroatoms. The molecule has 0 aliphatic carbocycles. The largest absolute Gasteiger partial charge is 0.466 e. The Balaban J connectivity index is 1.95. The first-order chi connectivity index (χ1) is 42.2. The van der Waals surface area contributed by atoms with E-state index in [2.05, 4.69) is 19.2 Å². The van der Waals surface area contributed by atoms with E-state index in [4.69, 9.17) is 14.2 Å². The third-order valence-corrected chi connectivity index (χ3v) is 18.4. The molecule has 0 bridgehead atoms. The van der Waals surface area contributed by atoms with Crippen LogP contribution in [0.25, 0.3) is 0 Å². The number of hydrogen-bond donors (Lipinski definition) is 6. The Morgan fingerprint density at radius 3 is 1.08 bits per heavy atom. The van der Waals surface area contributed by atoms with E-state index < -0.39 is 49.5 Å². The lowest BCUT2D eigenvalue weighted by atomic mass is 9.99. The molecule has 1 amide bonds. The molecule has 0 spiro atoms. The molecule has 0 aromatic rings. The molecular formula is C75H145NO10. The number of esters is 1. The van der Waals surface area contributed by atoms with Crippen molar-refractivity contribution in [2.24, 2.45) is 0 Å². The van der Waals surface area contributed by atoms with Crippen LogP contribution < -0.4 is 5.32 Å². The van der Waals surface area contributed by atoms with Gasteiger partial charge in [-0.25, -0.2) is 0 Å². The molecule has 0 aromatic carbocycles. The van der Waals surface area contributed by atoms with Crippen LogP contribution in [-0.2, 0) is 23.8 Å². The van der Waals surface area contributed by atoms with E-state index in [1.165, 1.54) is 315 Å². The lowest BCUT2D eigenvalue weighted by Crippen LogP contribution is -2.60. The highest BCUT2D eigenvalue weighted by atomic mass is 16.7. The molecule has 1 aliphatic heterocycles. The minimum Gasteiger partial charge on any atom is -0.466 e. The Bertz CT molecular complexity index is 1430. The Labute approximate surface area is 531 Å². The molecule has 0 aromatic heterocycles. The maximum absolute atomic E-state index is 13.1. The summed E-state index contributed by atoms with van der Waals surface area (Å²) in [7, 11) is 0. The second kappa shape index (κ2) is 64.9. The predicted octanol–water partition coefficient (Wildman–Crippen LogP) is 19.8. The molecule has 0 radical (unpaired) electrons. The van der Waals surface area contributed by atoms with Gasteiger partial charge >= 0.3 is 5.97 Å². The Morgan fingerprint density at radius 2 is 0.733 bits per heavy atom. The maximum atomic E-state index is 13.1. The van der Waals surface area contributed by atoms with Crippen LogP contribution in [0.2, 0.25) is 0 Å². The van der Waals surface area contributed by atoms with Crippen molar-refractivity contribution in [3.63, 3.8) is 0 Å². The summed E-state index contributed by atoms with van der Waals surface area (Å²) >= 11 is 0. The second-order valence-electron chi connectivity index (χ2n) is 26.7. The van der Waals surface area contributed by atoms with Crippen LogP contribution in [0.1, 0.15) is 393 Å². The number of aliphatic hydroxyl groups excluding tert-OH is 5. The summed E-state index contributed by atoms with van der Waals surface area (Å²) in [6, 6.07) is -0.806. The number of hydrogen-bond acceptors (Lipinski definition) is 10. The highest BCUT2D eigenvalue weighted by Gasteiger charge is 2.44. The van der Waals surface area contributed by atoms with Gasteiger partial charge in [0, 0.05) is 12.8 Å². The van der Waals surface area contributed by atoms with Gasteiger partial charge in [0.1, 0.15) is 24.4 Å². The average Bonchev–Trinajstić information content (AvgIpc) is 2.97. The molecule has 1 rings (SSSR count). The molecule has 510 valence electrons. The number of rotatable bonds is 68. The highest BCUT2D eigenvalue weighted by molar-refractivity contribution is 5.76. The fourth-order valence-electron chi connectivity index (χ4n) is 12.4. The van der Waals surface area contributed by atoms with E-state index in [-0.39, 0.29) is 18.5 Å². The van der Waals surface area contributed by atoms with E-state index in [0.29, 0.717) is 19.4 Å². The fraction of sp³-hybridized carbons (Fsp3) is 0.947. The number of allylic oxidation sites excluding steroid dienone is 1. The van der Waals surface area contributed by atoms with Crippen LogP contribution in [0.3, 0.4) is 0 Å². The van der Waals surface area contributed by atoms with Crippen molar-refractivity contribution >= 4 is 11.9 Å². The van der Waals surface area contributed by atoms with Crippen LogP contribution in [0.5, 0.6) is 0 Å². The van der Waals surface area contributed by atoms with Gasteiger partial charge in [0.2, 0.25) is 5.91 Å². The predicted molar refractivity (Wildman–Crippen MR) is 362 cm³/mol. The maximum Gasteiger partial charge on any atom is 0.305 e. The Hall–Kier alpha value is -1.60. The average molecular weight is 1220 g/mol. The first-order valence-electron chi connectivity index (χ1n) is 38.0. The topological polar surface area (TPSA) is 175 Å². The summed E-state index contributed by atoms with van der Waals surface area (Å²) in [5, 5.41) is 54.6. The van der Waals surface area contributed by atoms with Crippen molar-refractivity contribution in [1.29, 1.82) is 0 Å². The zero-order valence-electron chi connectivity index (χ0n) is 56.8. The summed E-state index contributed by atoms with van der Waals surface area (Å²) in [5.41, 5.74) is 0. The van der Waals surface area contributed by atoms with Crippen LogP contribution >= 0.6 is 0 Å². The monoisotopic (exact) mass is 1220 g/mol. The van der Waals surface area contributed by atoms with Crippen molar-refractivity contribution < 1.29 is 49.3 Å². The van der Waals surface area contributed by atoms with Crippen molar-refractivity contribution in [3.8, 4) is 0 Å². The molecule has 1 aliphatic rings. The van der Waals surface area contributed by atoms with Crippen molar-refractivity contribution in [2.75, 3.05) is 19.8 Å². The van der Waals surface area contributed by atoms with Gasteiger partial charge in [-0.1, -0.05) is 360 Å². The summed E-state index contributed by atoms with van der Waals surface area (Å²) in [6.45, 7) is 4.40. The van der Waals surface area contributed by atoms with Gasteiger partial charge in [0.25, 0.3) is 0 Å². The zero-order valence-corrected chi connectivity index (χ0v) is 56.8. The molecule has 1 saturated heterocycles. The fourth-order valence-corrected chi connectivity index (χ4v) is 12.4. The van der Waals surface area contributed by atoms with Crippen LogP contribution in [0, 0.1) is 0 Å².